The maximum absolute atomic E-state index is 13.9. The van der Waals surface area contributed by atoms with Crippen LogP contribution in [-0.4, -0.2) is 89.8 Å². The molecule has 0 bridgehead atoms. The summed E-state index contributed by atoms with van der Waals surface area (Å²) in [5, 5.41) is 35.6. The Morgan fingerprint density at radius 1 is 0.936 bits per heavy atom. The summed E-state index contributed by atoms with van der Waals surface area (Å²) in [7, 11) is -0.761. The topological polar surface area (TPSA) is 184 Å². The van der Waals surface area contributed by atoms with Gasteiger partial charge >= 0.3 is 20.2 Å². The number of nitrogens with one attached hydrogen (secondary N) is 2. The van der Waals surface area contributed by atoms with Gasteiger partial charge in [-0.25, -0.2) is 0 Å². The van der Waals surface area contributed by atoms with Crippen LogP contribution >= 0.6 is 0 Å². The Bertz CT molecular complexity index is 1700. The first kappa shape index (κ1) is 32.3. The predicted octanol–water partition coefficient (Wildman–Crippen LogP) is -0.654. The van der Waals surface area contributed by atoms with Crippen LogP contribution in [0.5, 0.6) is 5.75 Å². The third-order valence-corrected chi connectivity index (χ3v) is 8.73. The first-order valence-corrected chi connectivity index (χ1v) is 15.2. The molecular weight excluding hydrogens is 608 g/mol. The van der Waals surface area contributed by atoms with E-state index in [2.05, 4.69) is 10.6 Å². The van der Waals surface area contributed by atoms with E-state index < -0.39 is 56.1 Å². The van der Waals surface area contributed by atoms with E-state index in [-0.39, 0.29) is 50.1 Å². The van der Waals surface area contributed by atoms with E-state index in [0.717, 1.165) is 16.7 Å². The molecule has 13 nitrogen and oxygen atoms in total. The summed E-state index contributed by atoms with van der Waals surface area (Å²) in [5.41, 5.74) is 3.78. The van der Waals surface area contributed by atoms with Crippen molar-refractivity contribution in [3.8, 4) is 5.75 Å². The molecule has 1 fully saturated rings. The highest BCUT2D eigenvalue weighted by atomic mass is 16.5. The van der Waals surface area contributed by atoms with Crippen molar-refractivity contribution < 1.29 is 48.4 Å². The van der Waals surface area contributed by atoms with E-state index in [1.54, 1.807) is 54.6 Å². The number of fused-ring (bicyclic) bond motifs is 2. The van der Waals surface area contributed by atoms with Gasteiger partial charge in [0.15, 0.2) is 0 Å². The van der Waals surface area contributed by atoms with Gasteiger partial charge in [0.2, 0.25) is 5.91 Å². The van der Waals surface area contributed by atoms with E-state index in [9.17, 15) is 34.3 Å². The monoisotopic (exact) mass is 641 g/mol. The Morgan fingerprint density at radius 3 is 2.17 bits per heavy atom. The van der Waals surface area contributed by atoms with Gasteiger partial charge < -0.3 is 44.7 Å². The normalized spacial score (nSPS) is 18.8. The van der Waals surface area contributed by atoms with E-state index in [0.29, 0.717) is 16.7 Å². The summed E-state index contributed by atoms with van der Waals surface area (Å²) >= 11 is 0. The number of methoxy groups -OCH3 is 1. The molecule has 0 aromatic heterocycles. The van der Waals surface area contributed by atoms with Crippen molar-refractivity contribution in [2.75, 3.05) is 13.7 Å². The van der Waals surface area contributed by atoms with Crippen molar-refractivity contribution in [3.63, 3.8) is 0 Å². The van der Waals surface area contributed by atoms with Gasteiger partial charge in [-0.05, 0) is 76.9 Å². The molecule has 6 rings (SSSR count). The highest BCUT2D eigenvalue weighted by Gasteiger charge is 2.42. The molecule has 5 N–H and O–H groups in total. The second kappa shape index (κ2) is 13.6. The first-order chi connectivity index (χ1) is 22.6. The van der Waals surface area contributed by atoms with Crippen molar-refractivity contribution in [2.24, 2.45) is 0 Å². The molecular formula is C32H33B2N3O10. The van der Waals surface area contributed by atoms with Gasteiger partial charge in [-0.15, -0.1) is 0 Å². The Hall–Kier alpha value is -4.69. The summed E-state index contributed by atoms with van der Waals surface area (Å²) in [5.74, 6) is -1.97. The number of carbonyl (C=O) groups excluding carboxylic acids is 3. The zero-order valence-corrected chi connectivity index (χ0v) is 25.5. The molecule has 15 heteroatoms. The molecule has 3 aromatic rings. The maximum atomic E-state index is 13.9. The van der Waals surface area contributed by atoms with Gasteiger partial charge in [0, 0.05) is 29.8 Å². The fraction of sp³-hybridized carbons (Fsp3) is 0.312. The largest absolute Gasteiger partial charge is 0.497 e. The molecule has 0 aliphatic carbocycles. The van der Waals surface area contributed by atoms with Gasteiger partial charge in [-0.2, -0.15) is 0 Å². The number of aliphatic carboxylic acids is 1. The Balaban J connectivity index is 1.23. The fourth-order valence-corrected chi connectivity index (χ4v) is 6.28. The van der Waals surface area contributed by atoms with Gasteiger partial charge in [0.1, 0.15) is 11.8 Å². The van der Waals surface area contributed by atoms with E-state index in [1.807, 2.05) is 0 Å². The molecule has 0 spiro atoms. The molecule has 0 radical (unpaired) electrons. The highest BCUT2D eigenvalue weighted by Crippen LogP contribution is 2.24. The molecule has 0 saturated carbocycles. The number of carboxylic acid groups (broad SMARTS) is 1. The molecule has 3 aliphatic heterocycles. The Kier molecular flexibility index (Phi) is 9.32. The van der Waals surface area contributed by atoms with Crippen LogP contribution in [0.3, 0.4) is 0 Å². The lowest BCUT2D eigenvalue weighted by Crippen LogP contribution is -2.50. The molecule has 3 heterocycles. The van der Waals surface area contributed by atoms with Crippen molar-refractivity contribution in [1.82, 2.24) is 15.5 Å². The fourth-order valence-electron chi connectivity index (χ4n) is 6.28. The van der Waals surface area contributed by atoms with Crippen LogP contribution < -0.4 is 26.3 Å². The number of carbonyl (C=O) groups is 4. The quantitative estimate of drug-likeness (QED) is 0.178. The lowest BCUT2D eigenvalue weighted by molar-refractivity contribution is -0.137. The lowest BCUT2D eigenvalue weighted by Gasteiger charge is -2.26. The van der Waals surface area contributed by atoms with Crippen LogP contribution in [0.15, 0.2) is 60.7 Å². The molecule has 1 unspecified atom stereocenters. The summed E-state index contributed by atoms with van der Waals surface area (Å²) in [4.78, 5) is 54.1. The van der Waals surface area contributed by atoms with Crippen LogP contribution in [-0.2, 0) is 38.5 Å². The second-order valence-electron chi connectivity index (χ2n) is 11.9. The minimum absolute atomic E-state index is 0.00243. The zero-order valence-electron chi connectivity index (χ0n) is 25.5. The van der Waals surface area contributed by atoms with Crippen LogP contribution in [0.2, 0.25) is 0 Å². The van der Waals surface area contributed by atoms with Gasteiger partial charge in [-0.1, -0.05) is 24.3 Å². The summed E-state index contributed by atoms with van der Waals surface area (Å²) in [6.07, 6.45) is -0.0618. The molecule has 3 amide bonds. The number of rotatable bonds is 10. The summed E-state index contributed by atoms with van der Waals surface area (Å²) in [6, 6.07) is 14.3. The average molecular weight is 641 g/mol. The smallest absolute Gasteiger partial charge is 0.491 e. The molecule has 3 aromatic carbocycles. The summed E-state index contributed by atoms with van der Waals surface area (Å²) in [6.45, 7) is 0.443. The molecule has 1 saturated heterocycles. The van der Waals surface area contributed by atoms with Crippen molar-refractivity contribution in [2.45, 2.75) is 50.6 Å². The molecule has 242 valence electrons. The Labute approximate surface area is 271 Å². The number of carboxylic acids is 1. The van der Waals surface area contributed by atoms with Crippen molar-refractivity contribution in [3.05, 3.63) is 88.5 Å². The molecule has 3 atom stereocenters. The predicted molar refractivity (Wildman–Crippen MR) is 169 cm³/mol. The van der Waals surface area contributed by atoms with E-state index in [4.69, 9.17) is 14.0 Å². The number of nitrogens with zero attached hydrogens (tertiary/aromatic N) is 1. The lowest BCUT2D eigenvalue weighted by atomic mass is 9.78. The van der Waals surface area contributed by atoms with Gasteiger partial charge in [0.25, 0.3) is 11.8 Å². The third kappa shape index (κ3) is 7.03. The number of likely N-dealkylation sites (tertiary alicyclic amines) is 1. The van der Waals surface area contributed by atoms with Crippen molar-refractivity contribution >= 4 is 48.9 Å². The third-order valence-electron chi connectivity index (χ3n) is 8.73. The van der Waals surface area contributed by atoms with Gasteiger partial charge in [-0.3, -0.25) is 19.2 Å². The molecule has 47 heavy (non-hydrogen) atoms. The standard InChI is InChI=1S/C32H33B2N3O10/c1-45-25-8-2-18(3-9-25)10-23(14-29(38)39)35-31(41)28-13-24(36-30(40)19-4-6-21-16-46-33(43)26(21)11-19)15-37(28)32(42)20-5-7-22-17-47-34(44)27(22)12-20/h2-9,11-12,23-24,28,43-44H,10,13-17H2,1H3,(H,35,41)(H,36,40)(H,38,39)/t23?,24-,28+/m1/s1. The second-order valence-corrected chi connectivity index (χ2v) is 11.9. The van der Waals surface area contributed by atoms with Gasteiger partial charge in [0.05, 0.1) is 26.7 Å². The minimum atomic E-state index is -1.17. The maximum Gasteiger partial charge on any atom is 0.491 e. The van der Waals surface area contributed by atoms with Crippen molar-refractivity contribution in [1.29, 1.82) is 0 Å². The highest BCUT2D eigenvalue weighted by molar-refractivity contribution is 6.62. The first-order valence-electron chi connectivity index (χ1n) is 15.2. The summed E-state index contributed by atoms with van der Waals surface area (Å²) < 4.78 is 15.7. The molecule has 3 aliphatic rings. The SMILES string of the molecule is COc1ccc(CC(CC(=O)O)NC(=O)[C@@H]2C[C@@H](NC(=O)c3ccc4c(c3)B(O)OC4)CN2C(=O)c2ccc3c(c2)B(O)OC3)cc1. The van der Waals surface area contributed by atoms with Crippen LogP contribution in [0.4, 0.5) is 0 Å². The van der Waals surface area contributed by atoms with Crippen LogP contribution in [0.25, 0.3) is 0 Å². The van der Waals surface area contributed by atoms with E-state index >= 15 is 0 Å². The minimum Gasteiger partial charge on any atom is -0.497 e. The number of benzene rings is 3. The van der Waals surface area contributed by atoms with E-state index in [1.165, 1.54) is 18.1 Å². The number of amides is 3. The number of hydrogen-bond donors (Lipinski definition) is 5. The zero-order chi connectivity index (χ0) is 33.2. The number of ether oxygens (including phenoxy) is 1. The number of hydrogen-bond acceptors (Lipinski definition) is 9. The van der Waals surface area contributed by atoms with Crippen LogP contribution in [0, 0.1) is 0 Å². The Morgan fingerprint density at radius 2 is 1.55 bits per heavy atom. The van der Waals surface area contributed by atoms with Crippen LogP contribution in [0.1, 0.15) is 50.2 Å². The average Bonchev–Trinajstić information content (AvgIpc) is 3.77.